The van der Waals surface area contributed by atoms with Crippen LogP contribution in [0.4, 0.5) is 5.69 Å². The molecule has 1 aliphatic rings. The van der Waals surface area contributed by atoms with Crippen LogP contribution in [0.3, 0.4) is 0 Å². The number of rotatable bonds is 4. The Hall–Kier alpha value is -3.78. The number of carbonyl (C=O) groups excluding carboxylic acids is 2. The highest BCUT2D eigenvalue weighted by molar-refractivity contribution is 7.10. The molecule has 0 atom stereocenters. The molecule has 166 valence electrons. The molecular formula is C25H22N4O3S. The van der Waals surface area contributed by atoms with E-state index in [-0.39, 0.29) is 23.8 Å². The topological polar surface area (TPSA) is 84.3 Å². The third-order valence-electron chi connectivity index (χ3n) is 5.99. The first-order valence-electron chi connectivity index (χ1n) is 10.7. The van der Waals surface area contributed by atoms with E-state index in [9.17, 15) is 14.4 Å². The summed E-state index contributed by atoms with van der Waals surface area (Å²) in [5.41, 5.74) is 3.52. The number of nitrogens with one attached hydrogen (secondary N) is 1. The molecule has 0 saturated carbocycles. The highest BCUT2D eigenvalue weighted by atomic mass is 32.1. The normalized spacial score (nSPS) is 13.1. The molecule has 0 aliphatic carbocycles. The van der Waals surface area contributed by atoms with E-state index in [4.69, 9.17) is 0 Å². The van der Waals surface area contributed by atoms with Gasteiger partial charge in [-0.05, 0) is 60.2 Å². The fraction of sp³-hybridized carbons (Fsp3) is 0.200. The summed E-state index contributed by atoms with van der Waals surface area (Å²) >= 11 is 1.74. The predicted molar refractivity (Wildman–Crippen MR) is 129 cm³/mol. The van der Waals surface area contributed by atoms with Crippen molar-refractivity contribution in [3.63, 3.8) is 0 Å². The molecule has 0 fully saturated rings. The number of benzene rings is 2. The zero-order valence-electron chi connectivity index (χ0n) is 18.1. The Labute approximate surface area is 194 Å². The number of para-hydroxylation sites is 1. The molecule has 8 heteroatoms. The molecule has 0 radical (unpaired) electrons. The minimum Gasteiger partial charge on any atom is -0.334 e. The minimum absolute atomic E-state index is 0.0338. The fourth-order valence-electron chi connectivity index (χ4n) is 4.21. The van der Waals surface area contributed by atoms with Crippen LogP contribution in [0.15, 0.2) is 64.9 Å². The second-order valence-electron chi connectivity index (χ2n) is 8.06. The van der Waals surface area contributed by atoms with Crippen molar-refractivity contribution in [2.24, 2.45) is 0 Å². The summed E-state index contributed by atoms with van der Waals surface area (Å²) in [4.78, 5) is 41.3. The van der Waals surface area contributed by atoms with Crippen molar-refractivity contribution in [3.8, 4) is 0 Å². The van der Waals surface area contributed by atoms with E-state index in [0.29, 0.717) is 35.2 Å². The molecule has 2 aromatic carbocycles. The van der Waals surface area contributed by atoms with Crippen LogP contribution in [-0.2, 0) is 24.3 Å². The molecule has 7 nitrogen and oxygen atoms in total. The summed E-state index contributed by atoms with van der Waals surface area (Å²) in [6.07, 6.45) is 2.09. The number of amides is 2. The van der Waals surface area contributed by atoms with Gasteiger partial charge in [-0.15, -0.1) is 11.3 Å². The molecule has 2 amide bonds. The van der Waals surface area contributed by atoms with Gasteiger partial charge in [0.25, 0.3) is 5.91 Å². The first kappa shape index (κ1) is 21.1. The maximum Gasteiger partial charge on any atom is 0.254 e. The van der Waals surface area contributed by atoms with Gasteiger partial charge in [-0.2, -0.15) is 5.10 Å². The van der Waals surface area contributed by atoms with Gasteiger partial charge in [0.1, 0.15) is 6.54 Å². The van der Waals surface area contributed by atoms with Gasteiger partial charge in [-0.3, -0.25) is 19.1 Å². The molecule has 33 heavy (non-hydrogen) atoms. The molecule has 5 rings (SSSR count). The van der Waals surface area contributed by atoms with Gasteiger partial charge in [-0.1, -0.05) is 18.2 Å². The standard InChI is InChI=1S/C25H22N4O3S/c1-16-18(25(32)28-11-9-23-17(14-28)10-12-33-23)6-4-7-20(16)27-24(31)15-29-21-8-3-2-5-19(21)22(30)13-26-29/h2-8,10,12-13H,9,11,14-15H2,1H3,(H,27,31). The molecule has 1 aliphatic heterocycles. The molecule has 0 spiro atoms. The first-order valence-corrected chi connectivity index (χ1v) is 11.6. The molecule has 0 unspecified atom stereocenters. The molecule has 0 bridgehead atoms. The number of fused-ring (bicyclic) bond motifs is 2. The van der Waals surface area contributed by atoms with Crippen LogP contribution in [-0.4, -0.2) is 33.0 Å². The molecule has 4 aromatic rings. The van der Waals surface area contributed by atoms with Crippen LogP contribution < -0.4 is 10.7 Å². The van der Waals surface area contributed by atoms with Crippen LogP contribution in [0.2, 0.25) is 0 Å². The summed E-state index contributed by atoms with van der Waals surface area (Å²) in [7, 11) is 0. The Balaban J connectivity index is 1.34. The Morgan fingerprint density at radius 1 is 1.12 bits per heavy atom. The van der Waals surface area contributed by atoms with Crippen molar-refractivity contribution in [2.45, 2.75) is 26.4 Å². The van der Waals surface area contributed by atoms with Crippen molar-refractivity contribution in [3.05, 3.63) is 91.9 Å². The summed E-state index contributed by atoms with van der Waals surface area (Å²) < 4.78 is 1.50. The van der Waals surface area contributed by atoms with Crippen LogP contribution in [0.5, 0.6) is 0 Å². The lowest BCUT2D eigenvalue weighted by Crippen LogP contribution is -2.35. The SMILES string of the molecule is Cc1c(NC(=O)Cn2ncc(=O)c3ccccc32)cccc1C(=O)N1CCc2sccc2C1. The molecule has 3 heterocycles. The van der Waals surface area contributed by atoms with E-state index in [0.717, 1.165) is 12.0 Å². The average molecular weight is 459 g/mol. The lowest BCUT2D eigenvalue weighted by atomic mass is 10.0. The average Bonchev–Trinajstić information content (AvgIpc) is 3.30. The quantitative estimate of drug-likeness (QED) is 0.506. The highest BCUT2D eigenvalue weighted by Crippen LogP contribution is 2.27. The smallest absolute Gasteiger partial charge is 0.254 e. The lowest BCUT2D eigenvalue weighted by Gasteiger charge is -2.28. The number of anilines is 1. The lowest BCUT2D eigenvalue weighted by molar-refractivity contribution is -0.116. The van der Waals surface area contributed by atoms with E-state index in [1.54, 1.807) is 53.8 Å². The van der Waals surface area contributed by atoms with Crippen LogP contribution >= 0.6 is 11.3 Å². The van der Waals surface area contributed by atoms with E-state index in [1.165, 1.54) is 21.3 Å². The third kappa shape index (κ3) is 4.05. The van der Waals surface area contributed by atoms with Gasteiger partial charge in [-0.25, -0.2) is 0 Å². The number of thiophene rings is 1. The summed E-state index contributed by atoms with van der Waals surface area (Å²) in [5.74, 6) is -0.321. The van der Waals surface area contributed by atoms with Crippen molar-refractivity contribution in [1.82, 2.24) is 14.7 Å². The molecular weight excluding hydrogens is 436 g/mol. The van der Waals surface area contributed by atoms with Crippen LogP contribution in [0.1, 0.15) is 26.4 Å². The van der Waals surface area contributed by atoms with Crippen LogP contribution in [0, 0.1) is 6.92 Å². The Morgan fingerprint density at radius 2 is 1.97 bits per heavy atom. The molecule has 1 N–H and O–H groups in total. The number of nitrogens with zero attached hydrogens (tertiary/aromatic N) is 3. The zero-order chi connectivity index (χ0) is 22.9. The van der Waals surface area contributed by atoms with Gasteiger partial charge in [0.2, 0.25) is 11.3 Å². The second kappa shape index (κ2) is 8.63. The Morgan fingerprint density at radius 3 is 2.85 bits per heavy atom. The predicted octanol–water partition coefficient (Wildman–Crippen LogP) is 3.60. The maximum atomic E-state index is 13.2. The van der Waals surface area contributed by atoms with E-state index in [2.05, 4.69) is 21.9 Å². The Bertz CT molecular complexity index is 1440. The van der Waals surface area contributed by atoms with E-state index in [1.807, 2.05) is 11.8 Å². The Kier molecular flexibility index (Phi) is 5.51. The summed E-state index contributed by atoms with van der Waals surface area (Å²) in [6.45, 7) is 3.09. The van der Waals surface area contributed by atoms with Crippen molar-refractivity contribution in [2.75, 3.05) is 11.9 Å². The minimum atomic E-state index is -0.287. The van der Waals surface area contributed by atoms with E-state index >= 15 is 0 Å². The number of aromatic nitrogens is 2. The van der Waals surface area contributed by atoms with Crippen LogP contribution in [0.25, 0.3) is 10.9 Å². The second-order valence-corrected chi connectivity index (χ2v) is 9.06. The van der Waals surface area contributed by atoms with Crippen molar-refractivity contribution >= 4 is 39.7 Å². The number of carbonyl (C=O) groups is 2. The fourth-order valence-corrected chi connectivity index (χ4v) is 5.10. The van der Waals surface area contributed by atoms with Gasteiger partial charge >= 0.3 is 0 Å². The maximum absolute atomic E-state index is 13.2. The molecule has 2 aromatic heterocycles. The third-order valence-corrected chi connectivity index (χ3v) is 7.01. The summed E-state index contributed by atoms with van der Waals surface area (Å²) in [6, 6.07) is 14.5. The largest absolute Gasteiger partial charge is 0.334 e. The zero-order valence-corrected chi connectivity index (χ0v) is 18.9. The number of hydrogen-bond acceptors (Lipinski definition) is 5. The first-order chi connectivity index (χ1) is 16.0. The van der Waals surface area contributed by atoms with Crippen molar-refractivity contribution in [1.29, 1.82) is 0 Å². The van der Waals surface area contributed by atoms with Gasteiger partial charge in [0, 0.05) is 34.6 Å². The monoisotopic (exact) mass is 458 g/mol. The van der Waals surface area contributed by atoms with Gasteiger partial charge in [0.05, 0.1) is 11.7 Å². The van der Waals surface area contributed by atoms with Crippen molar-refractivity contribution < 1.29 is 9.59 Å². The summed E-state index contributed by atoms with van der Waals surface area (Å²) in [5, 5.41) is 9.60. The van der Waals surface area contributed by atoms with Gasteiger partial charge < -0.3 is 10.2 Å². The van der Waals surface area contributed by atoms with Gasteiger partial charge in [0.15, 0.2) is 0 Å². The highest BCUT2D eigenvalue weighted by Gasteiger charge is 2.24. The molecule has 0 saturated heterocycles. The van der Waals surface area contributed by atoms with E-state index < -0.39 is 0 Å². The number of hydrogen-bond donors (Lipinski definition) is 1.